The Morgan fingerprint density at radius 3 is 2.78 bits per heavy atom. The Morgan fingerprint density at radius 2 is 2.11 bits per heavy atom. The first-order valence-electron chi connectivity index (χ1n) is 6.42. The summed E-state index contributed by atoms with van der Waals surface area (Å²) in [5, 5.41) is 5.69. The van der Waals surface area contributed by atoms with Crippen molar-refractivity contribution in [1.82, 2.24) is 10.6 Å². The molecule has 1 fully saturated rings. The topological polar surface area (TPSA) is 50.4 Å². The van der Waals surface area contributed by atoms with Crippen molar-refractivity contribution in [3.05, 3.63) is 35.9 Å². The number of urea groups is 1. The van der Waals surface area contributed by atoms with E-state index in [1.165, 1.54) is 0 Å². The summed E-state index contributed by atoms with van der Waals surface area (Å²) >= 11 is 0. The average molecular weight is 248 g/mol. The molecule has 2 N–H and O–H groups in total. The van der Waals surface area contributed by atoms with Gasteiger partial charge in [-0.15, -0.1) is 0 Å². The molecule has 0 aromatic heterocycles. The molecule has 0 saturated heterocycles. The molecule has 2 amide bonds. The maximum absolute atomic E-state index is 11.4. The second-order valence-electron chi connectivity index (χ2n) is 4.76. The summed E-state index contributed by atoms with van der Waals surface area (Å²) < 4.78 is 5.47. The molecule has 0 spiro atoms. The van der Waals surface area contributed by atoms with Gasteiger partial charge < -0.3 is 15.4 Å². The highest BCUT2D eigenvalue weighted by Gasteiger charge is 2.33. The van der Waals surface area contributed by atoms with Crippen LogP contribution < -0.4 is 10.6 Å². The predicted octanol–water partition coefficient (Wildman–Crippen LogP) is 1.91. The van der Waals surface area contributed by atoms with Crippen molar-refractivity contribution >= 4 is 6.03 Å². The highest BCUT2D eigenvalue weighted by molar-refractivity contribution is 5.74. The number of carbonyl (C=O) groups is 1. The van der Waals surface area contributed by atoms with Crippen LogP contribution in [0.3, 0.4) is 0 Å². The number of nitrogens with one attached hydrogen (secondary N) is 2. The van der Waals surface area contributed by atoms with Gasteiger partial charge in [-0.1, -0.05) is 37.3 Å². The molecule has 98 valence electrons. The van der Waals surface area contributed by atoms with Crippen LogP contribution >= 0.6 is 0 Å². The Bertz CT molecular complexity index is 381. The van der Waals surface area contributed by atoms with Crippen LogP contribution in [0, 0.1) is 5.92 Å². The lowest BCUT2D eigenvalue weighted by Crippen LogP contribution is -2.38. The molecule has 1 saturated carbocycles. The SMILES string of the molecule is CC1CC1NC(=O)NCCOCc1ccccc1. The van der Waals surface area contributed by atoms with E-state index in [-0.39, 0.29) is 6.03 Å². The number of ether oxygens (including phenoxy) is 1. The lowest BCUT2D eigenvalue weighted by Gasteiger charge is -2.07. The van der Waals surface area contributed by atoms with Crippen molar-refractivity contribution in [3.63, 3.8) is 0 Å². The molecule has 2 atom stereocenters. The molecule has 4 nitrogen and oxygen atoms in total. The molecular formula is C14H20N2O2. The van der Waals surface area contributed by atoms with Crippen LogP contribution in [0.5, 0.6) is 0 Å². The van der Waals surface area contributed by atoms with Crippen molar-refractivity contribution in [1.29, 1.82) is 0 Å². The van der Waals surface area contributed by atoms with E-state index in [0.29, 0.717) is 31.7 Å². The molecule has 2 unspecified atom stereocenters. The first kappa shape index (κ1) is 12.9. The molecule has 1 aromatic carbocycles. The molecule has 18 heavy (non-hydrogen) atoms. The van der Waals surface area contributed by atoms with Crippen LogP contribution in [0.1, 0.15) is 18.9 Å². The summed E-state index contributed by atoms with van der Waals surface area (Å²) in [6.45, 7) is 3.79. The van der Waals surface area contributed by atoms with Gasteiger partial charge in [0, 0.05) is 12.6 Å². The Kier molecular flexibility index (Phi) is 4.59. The molecule has 4 heteroatoms. The van der Waals surface area contributed by atoms with Gasteiger partial charge in [-0.3, -0.25) is 0 Å². The number of carbonyl (C=O) groups excluding carboxylic acids is 1. The van der Waals surface area contributed by atoms with E-state index in [2.05, 4.69) is 17.6 Å². The van der Waals surface area contributed by atoms with Gasteiger partial charge in [0.15, 0.2) is 0 Å². The smallest absolute Gasteiger partial charge is 0.315 e. The summed E-state index contributed by atoms with van der Waals surface area (Å²) in [5.41, 5.74) is 1.15. The molecule has 0 heterocycles. The zero-order chi connectivity index (χ0) is 12.8. The van der Waals surface area contributed by atoms with Crippen molar-refractivity contribution in [2.75, 3.05) is 13.2 Å². The highest BCUT2D eigenvalue weighted by atomic mass is 16.5. The van der Waals surface area contributed by atoms with Gasteiger partial charge in [0.1, 0.15) is 0 Å². The molecule has 1 aliphatic carbocycles. The first-order valence-corrected chi connectivity index (χ1v) is 6.42. The highest BCUT2D eigenvalue weighted by Crippen LogP contribution is 2.28. The summed E-state index contributed by atoms with van der Waals surface area (Å²) in [6.07, 6.45) is 1.10. The normalized spacial score (nSPS) is 21.4. The number of hydrogen-bond donors (Lipinski definition) is 2. The van der Waals surface area contributed by atoms with Gasteiger partial charge in [0.05, 0.1) is 13.2 Å². The average Bonchev–Trinajstić information content (AvgIpc) is 3.05. The van der Waals surface area contributed by atoms with Gasteiger partial charge in [0.25, 0.3) is 0 Å². The van der Waals surface area contributed by atoms with E-state index in [1.54, 1.807) is 0 Å². The van der Waals surface area contributed by atoms with Gasteiger partial charge in [-0.2, -0.15) is 0 Å². The second-order valence-corrected chi connectivity index (χ2v) is 4.76. The third-order valence-corrected chi connectivity index (χ3v) is 3.07. The molecule has 2 rings (SSSR count). The van der Waals surface area contributed by atoms with Crippen LogP contribution in [0.15, 0.2) is 30.3 Å². The second kappa shape index (κ2) is 6.40. The quantitative estimate of drug-likeness (QED) is 0.756. The minimum Gasteiger partial charge on any atom is -0.375 e. The van der Waals surface area contributed by atoms with Crippen LogP contribution in [0.25, 0.3) is 0 Å². The fourth-order valence-electron chi connectivity index (χ4n) is 1.74. The number of benzene rings is 1. The van der Waals surface area contributed by atoms with E-state index >= 15 is 0 Å². The minimum absolute atomic E-state index is 0.0901. The summed E-state index contributed by atoms with van der Waals surface area (Å²) in [6, 6.07) is 10.3. The Labute approximate surface area is 108 Å². The Balaban J connectivity index is 1.49. The monoisotopic (exact) mass is 248 g/mol. The zero-order valence-electron chi connectivity index (χ0n) is 10.7. The number of rotatable bonds is 6. The molecule has 1 aliphatic rings. The van der Waals surface area contributed by atoms with Crippen molar-refractivity contribution < 1.29 is 9.53 Å². The van der Waals surface area contributed by atoms with Crippen LogP contribution in [0.2, 0.25) is 0 Å². The molecular weight excluding hydrogens is 228 g/mol. The maximum Gasteiger partial charge on any atom is 0.315 e. The molecule has 1 aromatic rings. The standard InChI is InChI=1S/C14H20N2O2/c1-11-9-13(11)16-14(17)15-7-8-18-10-12-5-3-2-4-6-12/h2-6,11,13H,7-10H2,1H3,(H2,15,16,17). The van der Waals surface area contributed by atoms with E-state index in [4.69, 9.17) is 4.74 Å². The largest absolute Gasteiger partial charge is 0.375 e. The third-order valence-electron chi connectivity index (χ3n) is 3.07. The predicted molar refractivity (Wildman–Crippen MR) is 70.2 cm³/mol. The minimum atomic E-state index is -0.0901. The van der Waals surface area contributed by atoms with Gasteiger partial charge in [-0.25, -0.2) is 4.79 Å². The van der Waals surface area contributed by atoms with Gasteiger partial charge in [-0.05, 0) is 17.9 Å². The van der Waals surface area contributed by atoms with E-state index in [9.17, 15) is 4.79 Å². The van der Waals surface area contributed by atoms with Crippen molar-refractivity contribution in [2.45, 2.75) is 26.0 Å². The summed E-state index contributed by atoms with van der Waals surface area (Å²) in [5.74, 6) is 0.630. The number of amides is 2. The number of hydrogen-bond acceptors (Lipinski definition) is 2. The van der Waals surface area contributed by atoms with Crippen LogP contribution in [-0.4, -0.2) is 25.2 Å². The fraction of sp³-hybridized carbons (Fsp3) is 0.500. The van der Waals surface area contributed by atoms with E-state index < -0.39 is 0 Å². The summed E-state index contributed by atoms with van der Waals surface area (Å²) in [7, 11) is 0. The zero-order valence-corrected chi connectivity index (χ0v) is 10.7. The lowest BCUT2D eigenvalue weighted by atomic mass is 10.2. The van der Waals surface area contributed by atoms with Crippen LogP contribution in [-0.2, 0) is 11.3 Å². The Hall–Kier alpha value is -1.55. The molecule has 0 aliphatic heterocycles. The van der Waals surface area contributed by atoms with Gasteiger partial charge >= 0.3 is 6.03 Å². The maximum atomic E-state index is 11.4. The van der Waals surface area contributed by atoms with Crippen LogP contribution in [0.4, 0.5) is 4.79 Å². The lowest BCUT2D eigenvalue weighted by molar-refractivity contribution is 0.123. The van der Waals surface area contributed by atoms with Crippen molar-refractivity contribution in [2.24, 2.45) is 5.92 Å². The molecule has 0 bridgehead atoms. The Morgan fingerprint density at radius 1 is 1.39 bits per heavy atom. The third kappa shape index (κ3) is 4.37. The fourth-order valence-corrected chi connectivity index (χ4v) is 1.74. The van der Waals surface area contributed by atoms with Crippen molar-refractivity contribution in [3.8, 4) is 0 Å². The first-order chi connectivity index (χ1) is 8.75. The molecule has 0 radical (unpaired) electrons. The van der Waals surface area contributed by atoms with E-state index in [0.717, 1.165) is 12.0 Å². The van der Waals surface area contributed by atoms with E-state index in [1.807, 2.05) is 30.3 Å². The van der Waals surface area contributed by atoms with Gasteiger partial charge in [0.2, 0.25) is 0 Å². The summed E-state index contributed by atoms with van der Waals surface area (Å²) in [4.78, 5) is 11.4.